The number of anilines is 1. The van der Waals surface area contributed by atoms with Crippen molar-refractivity contribution in [2.24, 2.45) is 0 Å². The molecule has 0 saturated carbocycles. The van der Waals surface area contributed by atoms with Crippen LogP contribution >= 0.6 is 11.6 Å². The Kier molecular flexibility index (Phi) is 3.63. The number of halogens is 2. The first kappa shape index (κ1) is 12.6. The van der Waals surface area contributed by atoms with Gasteiger partial charge in [-0.15, -0.1) is 0 Å². The maximum absolute atomic E-state index is 13.6. The Morgan fingerprint density at radius 3 is 2.61 bits per heavy atom. The zero-order chi connectivity index (χ0) is 13.1. The normalized spacial score (nSPS) is 10.2. The maximum Gasteiger partial charge on any atom is 0.258 e. The Bertz CT molecular complexity index is 598. The van der Waals surface area contributed by atoms with Gasteiger partial charge in [0.2, 0.25) is 0 Å². The van der Waals surface area contributed by atoms with E-state index in [-0.39, 0.29) is 5.56 Å². The van der Waals surface area contributed by atoms with Gasteiger partial charge in [-0.25, -0.2) is 4.39 Å². The number of nitrogens with one attached hydrogen (secondary N) is 1. The summed E-state index contributed by atoms with van der Waals surface area (Å²) in [5.74, 6) is -1.06. The molecule has 0 spiro atoms. The average Bonchev–Trinajstić information content (AvgIpc) is 2.32. The Morgan fingerprint density at radius 1 is 1.22 bits per heavy atom. The van der Waals surface area contributed by atoms with E-state index in [1.165, 1.54) is 12.1 Å². The van der Waals surface area contributed by atoms with Gasteiger partial charge >= 0.3 is 0 Å². The van der Waals surface area contributed by atoms with Crippen molar-refractivity contribution in [1.82, 2.24) is 0 Å². The first-order valence-electron chi connectivity index (χ1n) is 5.40. The number of amides is 1. The van der Waals surface area contributed by atoms with Crippen molar-refractivity contribution in [2.75, 3.05) is 5.32 Å². The van der Waals surface area contributed by atoms with Crippen molar-refractivity contribution in [3.63, 3.8) is 0 Å². The van der Waals surface area contributed by atoms with E-state index in [0.29, 0.717) is 10.7 Å². The van der Waals surface area contributed by atoms with Crippen molar-refractivity contribution in [3.05, 3.63) is 64.4 Å². The minimum Gasteiger partial charge on any atom is -0.321 e. The summed E-state index contributed by atoms with van der Waals surface area (Å²) < 4.78 is 13.6. The largest absolute Gasteiger partial charge is 0.321 e. The lowest BCUT2D eigenvalue weighted by Crippen LogP contribution is -2.14. The van der Waals surface area contributed by atoms with Crippen LogP contribution in [0.5, 0.6) is 0 Å². The molecule has 2 rings (SSSR count). The van der Waals surface area contributed by atoms with Gasteiger partial charge in [0.05, 0.1) is 16.3 Å². The molecule has 0 heterocycles. The Balaban J connectivity index is 2.25. The number of hydrogen-bond acceptors (Lipinski definition) is 1. The van der Waals surface area contributed by atoms with Gasteiger partial charge in [-0.2, -0.15) is 0 Å². The van der Waals surface area contributed by atoms with Crippen molar-refractivity contribution < 1.29 is 9.18 Å². The fraction of sp³-hybridized carbons (Fsp3) is 0.0714. The Hall–Kier alpha value is -1.87. The van der Waals surface area contributed by atoms with Gasteiger partial charge in [0.25, 0.3) is 5.91 Å². The van der Waals surface area contributed by atoms with Gasteiger partial charge in [0.1, 0.15) is 5.82 Å². The summed E-state index contributed by atoms with van der Waals surface area (Å²) in [5, 5.41) is 2.99. The molecule has 0 bridgehead atoms. The third-order valence-electron chi connectivity index (χ3n) is 2.49. The molecule has 2 aromatic carbocycles. The van der Waals surface area contributed by atoms with Gasteiger partial charge < -0.3 is 5.32 Å². The van der Waals surface area contributed by atoms with E-state index in [9.17, 15) is 9.18 Å². The molecular weight excluding hydrogens is 253 g/mol. The monoisotopic (exact) mass is 263 g/mol. The van der Waals surface area contributed by atoms with E-state index >= 15 is 0 Å². The number of para-hydroxylation sites is 1. The molecule has 2 nitrogen and oxygen atoms in total. The number of benzene rings is 2. The molecule has 0 aromatic heterocycles. The zero-order valence-corrected chi connectivity index (χ0v) is 10.5. The number of carbonyl (C=O) groups is 1. The van der Waals surface area contributed by atoms with Crippen molar-refractivity contribution >= 4 is 23.2 Å². The molecule has 0 unspecified atom stereocenters. The molecule has 0 atom stereocenters. The molecule has 92 valence electrons. The molecular formula is C14H11ClFNO. The summed E-state index contributed by atoms with van der Waals surface area (Å²) in [6.45, 7) is 1.76. The zero-order valence-electron chi connectivity index (χ0n) is 9.71. The van der Waals surface area contributed by atoms with Crippen molar-refractivity contribution in [1.29, 1.82) is 0 Å². The van der Waals surface area contributed by atoms with E-state index in [0.717, 1.165) is 5.56 Å². The minimum absolute atomic E-state index is 0.000481. The molecule has 1 amide bonds. The predicted molar refractivity (Wildman–Crippen MR) is 70.5 cm³/mol. The highest BCUT2D eigenvalue weighted by Gasteiger charge is 2.12. The second kappa shape index (κ2) is 5.19. The number of hydrogen-bond donors (Lipinski definition) is 1. The van der Waals surface area contributed by atoms with Crippen LogP contribution in [-0.4, -0.2) is 5.91 Å². The summed E-state index contributed by atoms with van der Waals surface area (Å²) in [7, 11) is 0. The van der Waals surface area contributed by atoms with E-state index in [4.69, 9.17) is 11.6 Å². The van der Waals surface area contributed by atoms with Crippen LogP contribution in [0, 0.1) is 12.7 Å². The standard InChI is InChI=1S/C14H11ClFNO/c1-9-6-7-10(12(16)8-9)14(18)17-13-5-3-2-4-11(13)15/h2-8H,1H3,(H,17,18). The van der Waals surface area contributed by atoms with E-state index in [1.54, 1.807) is 37.3 Å². The fourth-order valence-electron chi connectivity index (χ4n) is 1.56. The molecule has 0 aliphatic rings. The highest BCUT2D eigenvalue weighted by molar-refractivity contribution is 6.33. The Labute approximate surface area is 109 Å². The highest BCUT2D eigenvalue weighted by Crippen LogP contribution is 2.21. The lowest BCUT2D eigenvalue weighted by atomic mass is 10.1. The SMILES string of the molecule is Cc1ccc(C(=O)Nc2ccccc2Cl)c(F)c1. The maximum atomic E-state index is 13.6. The van der Waals surface area contributed by atoms with E-state index in [2.05, 4.69) is 5.32 Å². The molecule has 4 heteroatoms. The van der Waals surface area contributed by atoms with Crippen LogP contribution in [0.3, 0.4) is 0 Å². The molecule has 0 aliphatic heterocycles. The van der Waals surface area contributed by atoms with Gasteiger partial charge in [-0.05, 0) is 36.8 Å². The summed E-state index contributed by atoms with van der Waals surface area (Å²) in [5.41, 5.74) is 1.23. The molecule has 0 saturated heterocycles. The minimum atomic E-state index is -0.542. The predicted octanol–water partition coefficient (Wildman–Crippen LogP) is 4.04. The molecule has 18 heavy (non-hydrogen) atoms. The molecule has 2 aromatic rings. The van der Waals surface area contributed by atoms with Crippen molar-refractivity contribution in [2.45, 2.75) is 6.92 Å². The van der Waals surface area contributed by atoms with Crippen LogP contribution in [-0.2, 0) is 0 Å². The third kappa shape index (κ3) is 2.68. The lowest BCUT2D eigenvalue weighted by Gasteiger charge is -2.08. The van der Waals surface area contributed by atoms with E-state index in [1.807, 2.05) is 0 Å². The summed E-state index contributed by atoms with van der Waals surface area (Å²) in [6.07, 6.45) is 0. The van der Waals surface area contributed by atoms with Gasteiger partial charge in [-0.1, -0.05) is 29.8 Å². The third-order valence-corrected chi connectivity index (χ3v) is 2.82. The van der Waals surface area contributed by atoms with Crippen molar-refractivity contribution in [3.8, 4) is 0 Å². The van der Waals surface area contributed by atoms with Crippen LogP contribution in [0.15, 0.2) is 42.5 Å². The number of aryl methyl sites for hydroxylation is 1. The first-order chi connectivity index (χ1) is 8.58. The molecule has 0 aliphatic carbocycles. The number of carbonyl (C=O) groups excluding carboxylic acids is 1. The van der Waals surface area contributed by atoms with Crippen LogP contribution in [0.4, 0.5) is 10.1 Å². The van der Waals surface area contributed by atoms with Crippen LogP contribution < -0.4 is 5.32 Å². The highest BCUT2D eigenvalue weighted by atomic mass is 35.5. The molecule has 0 radical (unpaired) electrons. The van der Waals surface area contributed by atoms with Crippen LogP contribution in [0.2, 0.25) is 5.02 Å². The van der Waals surface area contributed by atoms with E-state index < -0.39 is 11.7 Å². The second-order valence-electron chi connectivity index (χ2n) is 3.92. The average molecular weight is 264 g/mol. The smallest absolute Gasteiger partial charge is 0.258 e. The van der Waals surface area contributed by atoms with Crippen LogP contribution in [0.1, 0.15) is 15.9 Å². The second-order valence-corrected chi connectivity index (χ2v) is 4.32. The summed E-state index contributed by atoms with van der Waals surface area (Å²) in [6, 6.07) is 11.3. The van der Waals surface area contributed by atoms with Gasteiger partial charge in [-0.3, -0.25) is 4.79 Å². The number of rotatable bonds is 2. The van der Waals surface area contributed by atoms with Crippen LogP contribution in [0.25, 0.3) is 0 Å². The first-order valence-corrected chi connectivity index (χ1v) is 5.78. The lowest BCUT2D eigenvalue weighted by molar-refractivity contribution is 0.102. The molecule has 0 fully saturated rings. The van der Waals surface area contributed by atoms with Gasteiger partial charge in [0, 0.05) is 0 Å². The topological polar surface area (TPSA) is 29.1 Å². The van der Waals surface area contributed by atoms with Gasteiger partial charge in [0.15, 0.2) is 0 Å². The summed E-state index contributed by atoms with van der Waals surface area (Å²) >= 11 is 5.91. The fourth-order valence-corrected chi connectivity index (χ4v) is 1.74. The Morgan fingerprint density at radius 2 is 1.94 bits per heavy atom. The molecule has 1 N–H and O–H groups in total. The quantitative estimate of drug-likeness (QED) is 0.870. The summed E-state index contributed by atoms with van der Waals surface area (Å²) in [4.78, 5) is 11.9.